The number of carbonyl (C=O) groups is 1. The molecule has 0 fully saturated rings. The Bertz CT molecular complexity index is 410. The Morgan fingerprint density at radius 3 is 2.74 bits per heavy atom. The lowest BCUT2D eigenvalue weighted by Crippen LogP contribution is -2.37. The quantitative estimate of drug-likeness (QED) is 0.769. The van der Waals surface area contributed by atoms with Crippen LogP contribution in [0.25, 0.3) is 0 Å². The molecular formula is C14H21FN2O2. The number of halogens is 1. The van der Waals surface area contributed by atoms with Gasteiger partial charge in [-0.05, 0) is 32.1 Å². The molecule has 1 unspecified atom stereocenters. The molecule has 1 amide bonds. The molecule has 0 radical (unpaired) electrons. The highest BCUT2D eigenvalue weighted by molar-refractivity contribution is 5.76. The number of carbonyl (C=O) groups excluding carboxylic acids is 1. The van der Waals surface area contributed by atoms with Crippen molar-refractivity contribution in [2.45, 2.75) is 18.9 Å². The van der Waals surface area contributed by atoms with Gasteiger partial charge in [0.15, 0.2) is 0 Å². The zero-order valence-corrected chi connectivity index (χ0v) is 11.4. The zero-order chi connectivity index (χ0) is 14.3. The molecule has 2 N–H and O–H groups in total. The fourth-order valence-corrected chi connectivity index (χ4v) is 1.76. The van der Waals surface area contributed by atoms with Crippen LogP contribution in [-0.4, -0.2) is 49.2 Å². The van der Waals surface area contributed by atoms with Crippen LogP contribution < -0.4 is 5.32 Å². The number of nitrogens with zero attached hydrogens (tertiary/aromatic N) is 1. The van der Waals surface area contributed by atoms with Gasteiger partial charge in [0.2, 0.25) is 5.91 Å². The average molecular weight is 268 g/mol. The van der Waals surface area contributed by atoms with Crippen LogP contribution in [0.4, 0.5) is 4.39 Å². The number of amides is 1. The van der Waals surface area contributed by atoms with Gasteiger partial charge in [0.25, 0.3) is 0 Å². The second kappa shape index (κ2) is 7.86. The summed E-state index contributed by atoms with van der Waals surface area (Å²) in [5.74, 6) is -0.469. The third-order valence-corrected chi connectivity index (χ3v) is 2.69. The van der Waals surface area contributed by atoms with E-state index in [1.54, 1.807) is 18.2 Å². The molecule has 0 aliphatic heterocycles. The van der Waals surface area contributed by atoms with Crippen molar-refractivity contribution in [3.05, 3.63) is 35.6 Å². The Balaban J connectivity index is 2.27. The van der Waals surface area contributed by atoms with E-state index in [2.05, 4.69) is 5.32 Å². The molecule has 0 saturated heterocycles. The van der Waals surface area contributed by atoms with Crippen LogP contribution in [0.15, 0.2) is 24.3 Å². The summed E-state index contributed by atoms with van der Waals surface area (Å²) in [6, 6.07) is 6.42. The highest BCUT2D eigenvalue weighted by Crippen LogP contribution is 2.08. The number of likely N-dealkylation sites (N-methyl/N-ethyl adjacent to an activating group) is 1. The zero-order valence-electron chi connectivity index (χ0n) is 11.4. The van der Waals surface area contributed by atoms with Gasteiger partial charge < -0.3 is 15.3 Å². The van der Waals surface area contributed by atoms with E-state index in [4.69, 9.17) is 0 Å². The van der Waals surface area contributed by atoms with E-state index in [-0.39, 0.29) is 24.7 Å². The van der Waals surface area contributed by atoms with Crippen LogP contribution in [0, 0.1) is 5.82 Å². The standard InChI is InChI=1S/C14H21FN2O2/c1-17(2)10-12(18)9-16-14(19)8-7-11-5-3-4-6-13(11)15/h3-6,12,18H,7-10H2,1-2H3,(H,16,19). The Kier molecular flexibility index (Phi) is 6.45. The van der Waals surface area contributed by atoms with E-state index >= 15 is 0 Å². The van der Waals surface area contributed by atoms with Crippen LogP contribution >= 0.6 is 0 Å². The van der Waals surface area contributed by atoms with Gasteiger partial charge in [-0.25, -0.2) is 4.39 Å². The molecule has 0 spiro atoms. The summed E-state index contributed by atoms with van der Waals surface area (Å²) in [4.78, 5) is 13.4. The van der Waals surface area contributed by atoms with E-state index < -0.39 is 6.10 Å². The van der Waals surface area contributed by atoms with Crippen molar-refractivity contribution in [1.82, 2.24) is 10.2 Å². The van der Waals surface area contributed by atoms with Crippen molar-refractivity contribution in [3.63, 3.8) is 0 Å². The predicted octanol–water partition coefficient (Wildman–Crippen LogP) is 0.797. The van der Waals surface area contributed by atoms with Crippen molar-refractivity contribution in [3.8, 4) is 0 Å². The molecule has 4 nitrogen and oxygen atoms in total. The van der Waals surface area contributed by atoms with Gasteiger partial charge in [-0.15, -0.1) is 0 Å². The minimum Gasteiger partial charge on any atom is -0.390 e. The fourth-order valence-electron chi connectivity index (χ4n) is 1.76. The van der Waals surface area contributed by atoms with Crippen LogP contribution in [0.3, 0.4) is 0 Å². The fraction of sp³-hybridized carbons (Fsp3) is 0.500. The molecule has 1 rings (SSSR count). The number of aliphatic hydroxyl groups is 1. The molecule has 19 heavy (non-hydrogen) atoms. The number of benzene rings is 1. The number of aryl methyl sites for hydroxylation is 1. The molecule has 0 aliphatic carbocycles. The van der Waals surface area contributed by atoms with E-state index in [0.29, 0.717) is 18.5 Å². The third kappa shape index (κ3) is 6.31. The van der Waals surface area contributed by atoms with Crippen LogP contribution in [0.1, 0.15) is 12.0 Å². The summed E-state index contributed by atoms with van der Waals surface area (Å²) in [5.41, 5.74) is 0.534. The van der Waals surface area contributed by atoms with Gasteiger partial charge in [-0.2, -0.15) is 0 Å². The van der Waals surface area contributed by atoms with Gasteiger partial charge in [-0.3, -0.25) is 4.79 Å². The molecule has 0 aromatic heterocycles. The SMILES string of the molecule is CN(C)CC(O)CNC(=O)CCc1ccccc1F. The van der Waals surface area contributed by atoms with Crippen molar-refractivity contribution in [2.24, 2.45) is 0 Å². The largest absolute Gasteiger partial charge is 0.390 e. The molecule has 1 aromatic rings. The first-order valence-electron chi connectivity index (χ1n) is 6.32. The van der Waals surface area contributed by atoms with E-state index in [1.165, 1.54) is 6.07 Å². The van der Waals surface area contributed by atoms with Gasteiger partial charge >= 0.3 is 0 Å². The first-order chi connectivity index (χ1) is 8.99. The summed E-state index contributed by atoms with van der Waals surface area (Å²) in [5, 5.41) is 12.2. The maximum Gasteiger partial charge on any atom is 0.220 e. The number of rotatable bonds is 7. The van der Waals surface area contributed by atoms with Crippen molar-refractivity contribution < 1.29 is 14.3 Å². The second-order valence-corrected chi connectivity index (χ2v) is 4.81. The summed E-state index contributed by atoms with van der Waals surface area (Å²) in [7, 11) is 3.70. The van der Waals surface area contributed by atoms with Gasteiger partial charge in [-0.1, -0.05) is 18.2 Å². The monoisotopic (exact) mass is 268 g/mol. The van der Waals surface area contributed by atoms with Gasteiger partial charge in [0.05, 0.1) is 6.10 Å². The van der Waals surface area contributed by atoms with Gasteiger partial charge in [0, 0.05) is 19.5 Å². The molecule has 1 aromatic carbocycles. The molecule has 0 saturated carbocycles. The first kappa shape index (κ1) is 15.6. The normalized spacial score (nSPS) is 12.5. The van der Waals surface area contributed by atoms with E-state index in [0.717, 1.165) is 0 Å². The lowest BCUT2D eigenvalue weighted by molar-refractivity contribution is -0.121. The third-order valence-electron chi connectivity index (χ3n) is 2.69. The van der Waals surface area contributed by atoms with E-state index in [9.17, 15) is 14.3 Å². The van der Waals surface area contributed by atoms with Crippen molar-refractivity contribution in [1.29, 1.82) is 0 Å². The summed E-state index contributed by atoms with van der Waals surface area (Å²) < 4.78 is 13.3. The Labute approximate surface area is 113 Å². The van der Waals surface area contributed by atoms with Crippen LogP contribution in [0.2, 0.25) is 0 Å². The lowest BCUT2D eigenvalue weighted by Gasteiger charge is -2.16. The number of hydrogen-bond donors (Lipinski definition) is 2. The second-order valence-electron chi connectivity index (χ2n) is 4.81. The first-order valence-corrected chi connectivity index (χ1v) is 6.32. The molecular weight excluding hydrogens is 247 g/mol. The van der Waals surface area contributed by atoms with Crippen LogP contribution in [-0.2, 0) is 11.2 Å². The van der Waals surface area contributed by atoms with Gasteiger partial charge in [0.1, 0.15) is 5.82 Å². The number of aliphatic hydroxyl groups excluding tert-OH is 1. The Morgan fingerprint density at radius 1 is 1.42 bits per heavy atom. The summed E-state index contributed by atoms with van der Waals surface area (Å²) in [6.07, 6.45) is -0.00911. The summed E-state index contributed by atoms with van der Waals surface area (Å²) >= 11 is 0. The van der Waals surface area contributed by atoms with Crippen molar-refractivity contribution >= 4 is 5.91 Å². The smallest absolute Gasteiger partial charge is 0.220 e. The minimum atomic E-state index is -0.590. The highest BCUT2D eigenvalue weighted by atomic mass is 19.1. The number of nitrogens with one attached hydrogen (secondary N) is 1. The average Bonchev–Trinajstić information content (AvgIpc) is 2.34. The highest BCUT2D eigenvalue weighted by Gasteiger charge is 2.09. The molecule has 106 valence electrons. The molecule has 0 bridgehead atoms. The van der Waals surface area contributed by atoms with Crippen LogP contribution in [0.5, 0.6) is 0 Å². The van der Waals surface area contributed by atoms with Crippen molar-refractivity contribution in [2.75, 3.05) is 27.2 Å². The predicted molar refractivity (Wildman–Crippen MR) is 72.3 cm³/mol. The maximum absolute atomic E-state index is 13.3. The molecule has 0 heterocycles. The van der Waals surface area contributed by atoms with E-state index in [1.807, 2.05) is 19.0 Å². The lowest BCUT2D eigenvalue weighted by atomic mass is 10.1. The Hall–Kier alpha value is -1.46. The molecule has 0 aliphatic rings. The molecule has 1 atom stereocenters. The maximum atomic E-state index is 13.3. The molecule has 5 heteroatoms. The minimum absolute atomic E-state index is 0.180. The summed E-state index contributed by atoms with van der Waals surface area (Å²) in [6.45, 7) is 0.710. The Morgan fingerprint density at radius 2 is 2.11 bits per heavy atom. The topological polar surface area (TPSA) is 52.6 Å². The number of hydrogen-bond acceptors (Lipinski definition) is 3.